The Kier molecular flexibility index (Phi) is 4.99. The molecule has 4 nitrogen and oxygen atoms in total. The van der Waals surface area contributed by atoms with Gasteiger partial charge in [0.05, 0.1) is 11.0 Å². The number of rotatable bonds is 5. The normalized spacial score (nSPS) is 13.0. The second-order valence-corrected chi connectivity index (χ2v) is 7.50. The standard InChI is InChI=1S/C16H17F2NO3S/c1-3-15(13-7-6-12(17)9-14(13)18)23(21,22)10-11-5-4-8-19(2)16(11)20/h4-9,15H,3,10H2,1-2H3. The zero-order valence-corrected chi connectivity index (χ0v) is 13.6. The van der Waals surface area contributed by atoms with Crippen LogP contribution in [0.2, 0.25) is 0 Å². The molecule has 1 atom stereocenters. The molecule has 0 aliphatic rings. The van der Waals surface area contributed by atoms with Crippen molar-refractivity contribution in [2.24, 2.45) is 7.05 Å². The zero-order valence-electron chi connectivity index (χ0n) is 12.8. The number of aryl methyl sites for hydroxylation is 1. The van der Waals surface area contributed by atoms with E-state index in [1.807, 2.05) is 0 Å². The third-order valence-corrected chi connectivity index (χ3v) is 5.84. The number of halogens is 2. The van der Waals surface area contributed by atoms with Crippen molar-refractivity contribution in [1.82, 2.24) is 4.57 Å². The molecule has 0 saturated carbocycles. The van der Waals surface area contributed by atoms with Crippen LogP contribution < -0.4 is 5.56 Å². The summed E-state index contributed by atoms with van der Waals surface area (Å²) >= 11 is 0. The highest BCUT2D eigenvalue weighted by Gasteiger charge is 2.29. The second kappa shape index (κ2) is 6.62. The molecule has 124 valence electrons. The van der Waals surface area contributed by atoms with E-state index in [1.54, 1.807) is 13.0 Å². The van der Waals surface area contributed by atoms with Gasteiger partial charge in [0.25, 0.3) is 5.56 Å². The van der Waals surface area contributed by atoms with E-state index in [1.165, 1.54) is 23.9 Å². The van der Waals surface area contributed by atoms with Gasteiger partial charge in [-0.25, -0.2) is 17.2 Å². The smallest absolute Gasteiger partial charge is 0.254 e. The highest BCUT2D eigenvalue weighted by molar-refractivity contribution is 7.90. The molecule has 0 fully saturated rings. The molecule has 1 unspecified atom stereocenters. The molecule has 2 rings (SSSR count). The van der Waals surface area contributed by atoms with Gasteiger partial charge in [0.2, 0.25) is 0 Å². The molecule has 7 heteroatoms. The first-order chi connectivity index (χ1) is 10.8. The number of aromatic nitrogens is 1. The maximum absolute atomic E-state index is 13.9. The van der Waals surface area contributed by atoms with Crippen LogP contribution in [0.15, 0.2) is 41.3 Å². The minimum atomic E-state index is -3.83. The fourth-order valence-corrected chi connectivity index (χ4v) is 4.45. The second-order valence-electron chi connectivity index (χ2n) is 5.32. The summed E-state index contributed by atoms with van der Waals surface area (Å²) in [5.74, 6) is -2.16. The lowest BCUT2D eigenvalue weighted by molar-refractivity contribution is 0.551. The van der Waals surface area contributed by atoms with Gasteiger partial charge in [-0.05, 0) is 18.6 Å². The van der Waals surface area contributed by atoms with E-state index in [0.29, 0.717) is 6.07 Å². The van der Waals surface area contributed by atoms with Crippen LogP contribution in [0.4, 0.5) is 8.78 Å². The molecular weight excluding hydrogens is 324 g/mol. The number of hydrogen-bond donors (Lipinski definition) is 0. The van der Waals surface area contributed by atoms with Crippen LogP contribution >= 0.6 is 0 Å². The van der Waals surface area contributed by atoms with Crippen LogP contribution in [0.25, 0.3) is 0 Å². The van der Waals surface area contributed by atoms with Crippen molar-refractivity contribution in [3.63, 3.8) is 0 Å². The Morgan fingerprint density at radius 2 is 1.91 bits per heavy atom. The van der Waals surface area contributed by atoms with Crippen molar-refractivity contribution in [3.05, 3.63) is 69.6 Å². The summed E-state index contributed by atoms with van der Waals surface area (Å²) in [6.07, 6.45) is 1.65. The molecule has 0 radical (unpaired) electrons. The molecule has 0 aliphatic heterocycles. The summed E-state index contributed by atoms with van der Waals surface area (Å²) in [7, 11) is -2.31. The molecule has 1 aromatic heterocycles. The number of hydrogen-bond acceptors (Lipinski definition) is 3. The summed E-state index contributed by atoms with van der Waals surface area (Å²) in [6.45, 7) is 1.61. The molecule has 23 heavy (non-hydrogen) atoms. The van der Waals surface area contributed by atoms with Gasteiger partial charge in [0.15, 0.2) is 9.84 Å². The Morgan fingerprint density at radius 3 is 2.52 bits per heavy atom. The summed E-state index contributed by atoms with van der Waals surface area (Å²) in [4.78, 5) is 12.0. The topological polar surface area (TPSA) is 56.1 Å². The van der Waals surface area contributed by atoms with Crippen LogP contribution in [-0.4, -0.2) is 13.0 Å². The minimum Gasteiger partial charge on any atom is -0.318 e. The predicted molar refractivity (Wildman–Crippen MR) is 83.7 cm³/mol. The molecule has 0 N–H and O–H groups in total. The van der Waals surface area contributed by atoms with Gasteiger partial charge in [-0.3, -0.25) is 4.79 Å². The van der Waals surface area contributed by atoms with Crippen molar-refractivity contribution in [3.8, 4) is 0 Å². The van der Waals surface area contributed by atoms with E-state index in [0.717, 1.165) is 12.1 Å². The first-order valence-electron chi connectivity index (χ1n) is 7.07. The van der Waals surface area contributed by atoms with Gasteiger partial charge in [-0.1, -0.05) is 19.1 Å². The molecule has 0 amide bonds. The van der Waals surface area contributed by atoms with Crippen LogP contribution in [0.5, 0.6) is 0 Å². The average molecular weight is 341 g/mol. The van der Waals surface area contributed by atoms with E-state index < -0.39 is 38.0 Å². The van der Waals surface area contributed by atoms with E-state index >= 15 is 0 Å². The largest absolute Gasteiger partial charge is 0.318 e. The number of nitrogens with zero attached hydrogens (tertiary/aromatic N) is 1. The lowest BCUT2D eigenvalue weighted by Gasteiger charge is -2.17. The first-order valence-corrected chi connectivity index (χ1v) is 8.79. The summed E-state index contributed by atoms with van der Waals surface area (Å²) < 4.78 is 53.5. The highest BCUT2D eigenvalue weighted by atomic mass is 32.2. The highest BCUT2D eigenvalue weighted by Crippen LogP contribution is 2.30. The predicted octanol–water partition coefficient (Wildman–Crippen LogP) is 2.73. The first kappa shape index (κ1) is 17.3. The van der Waals surface area contributed by atoms with E-state index in [4.69, 9.17) is 0 Å². The molecule has 0 spiro atoms. The molecule has 0 bridgehead atoms. The fraction of sp³-hybridized carbons (Fsp3) is 0.312. The monoisotopic (exact) mass is 341 g/mol. The SMILES string of the molecule is CCC(c1ccc(F)cc1F)S(=O)(=O)Cc1cccn(C)c1=O. The van der Waals surface area contributed by atoms with Gasteiger partial charge in [0, 0.05) is 30.4 Å². The Balaban J connectivity index is 2.43. The molecular formula is C16H17F2NO3S. The quantitative estimate of drug-likeness (QED) is 0.840. The van der Waals surface area contributed by atoms with Crippen LogP contribution in [0, 0.1) is 11.6 Å². The third-order valence-electron chi connectivity index (χ3n) is 3.67. The Hall–Kier alpha value is -2.02. The number of benzene rings is 1. The van der Waals surface area contributed by atoms with Gasteiger partial charge in [-0.2, -0.15) is 0 Å². The van der Waals surface area contributed by atoms with Crippen LogP contribution in [0.3, 0.4) is 0 Å². The molecule has 1 heterocycles. The zero-order chi connectivity index (χ0) is 17.2. The Morgan fingerprint density at radius 1 is 1.22 bits per heavy atom. The molecule has 0 saturated heterocycles. The van der Waals surface area contributed by atoms with Crippen molar-refractivity contribution in [2.75, 3.05) is 0 Å². The van der Waals surface area contributed by atoms with E-state index in [9.17, 15) is 22.0 Å². The maximum Gasteiger partial charge on any atom is 0.254 e. The van der Waals surface area contributed by atoms with Crippen LogP contribution in [-0.2, 0) is 22.6 Å². The van der Waals surface area contributed by atoms with Crippen molar-refractivity contribution in [1.29, 1.82) is 0 Å². The van der Waals surface area contributed by atoms with Gasteiger partial charge < -0.3 is 4.57 Å². The van der Waals surface area contributed by atoms with E-state index in [-0.39, 0.29) is 17.5 Å². The summed E-state index contributed by atoms with van der Waals surface area (Å²) in [6, 6.07) is 5.84. The number of sulfone groups is 1. The third kappa shape index (κ3) is 3.67. The van der Waals surface area contributed by atoms with Crippen molar-refractivity contribution >= 4 is 9.84 Å². The maximum atomic E-state index is 13.9. The molecule has 2 aromatic rings. The van der Waals surface area contributed by atoms with Gasteiger partial charge in [0.1, 0.15) is 11.6 Å². The lowest BCUT2D eigenvalue weighted by Crippen LogP contribution is -2.24. The minimum absolute atomic E-state index is 0.0818. The summed E-state index contributed by atoms with van der Waals surface area (Å²) in [5.41, 5.74) is -0.372. The Bertz CT molecular complexity index is 875. The van der Waals surface area contributed by atoms with E-state index in [2.05, 4.69) is 0 Å². The molecule has 0 aliphatic carbocycles. The average Bonchev–Trinajstić information content (AvgIpc) is 2.46. The fourth-order valence-electron chi connectivity index (χ4n) is 2.51. The molecule has 1 aromatic carbocycles. The van der Waals surface area contributed by atoms with Gasteiger partial charge >= 0.3 is 0 Å². The van der Waals surface area contributed by atoms with Crippen LogP contribution in [0.1, 0.15) is 29.7 Å². The lowest BCUT2D eigenvalue weighted by atomic mass is 10.1. The van der Waals surface area contributed by atoms with Gasteiger partial charge in [-0.15, -0.1) is 0 Å². The summed E-state index contributed by atoms with van der Waals surface area (Å²) in [5, 5.41) is -1.13. The van der Waals surface area contributed by atoms with Crippen molar-refractivity contribution in [2.45, 2.75) is 24.3 Å². The Labute approximate surface area is 133 Å². The number of pyridine rings is 1. The van der Waals surface area contributed by atoms with Crippen molar-refractivity contribution < 1.29 is 17.2 Å².